The summed E-state index contributed by atoms with van der Waals surface area (Å²) in [5.74, 6) is 0. The van der Waals surface area contributed by atoms with Crippen molar-refractivity contribution in [3.05, 3.63) is 0 Å². The molecular formula is C14H30O2. The van der Waals surface area contributed by atoms with E-state index in [-0.39, 0.29) is 0 Å². The minimum absolute atomic E-state index is 0.342. The van der Waals surface area contributed by atoms with Crippen LogP contribution in [0.2, 0.25) is 0 Å². The van der Waals surface area contributed by atoms with Crippen LogP contribution in [0.15, 0.2) is 0 Å². The number of aliphatic hydroxyl groups is 1. The molecule has 0 rings (SSSR count). The summed E-state index contributed by atoms with van der Waals surface area (Å²) in [6.07, 6.45) is 12.4. The van der Waals surface area contributed by atoms with E-state index in [4.69, 9.17) is 9.84 Å². The second kappa shape index (κ2) is 14.9. The average molecular weight is 230 g/mol. The van der Waals surface area contributed by atoms with Crippen molar-refractivity contribution in [3.8, 4) is 0 Å². The topological polar surface area (TPSA) is 29.5 Å². The molecule has 0 heterocycles. The van der Waals surface area contributed by atoms with Gasteiger partial charge in [-0.05, 0) is 19.3 Å². The van der Waals surface area contributed by atoms with Gasteiger partial charge in [0.15, 0.2) is 0 Å². The van der Waals surface area contributed by atoms with E-state index in [9.17, 15) is 0 Å². The highest BCUT2D eigenvalue weighted by Gasteiger charge is 1.92. The third-order valence-corrected chi connectivity index (χ3v) is 2.84. The normalized spacial score (nSPS) is 10.9. The minimum atomic E-state index is 0.342. The van der Waals surface area contributed by atoms with E-state index in [0.29, 0.717) is 6.61 Å². The highest BCUT2D eigenvalue weighted by Crippen LogP contribution is 2.04. The lowest BCUT2D eigenvalue weighted by atomic mass is 10.1. The zero-order valence-electron chi connectivity index (χ0n) is 11.0. The number of hydrogen-bond acceptors (Lipinski definition) is 2. The van der Waals surface area contributed by atoms with Crippen molar-refractivity contribution in [2.45, 2.75) is 71.1 Å². The van der Waals surface area contributed by atoms with E-state index >= 15 is 0 Å². The van der Waals surface area contributed by atoms with Gasteiger partial charge in [-0.15, -0.1) is 0 Å². The predicted molar refractivity (Wildman–Crippen MR) is 69.7 cm³/mol. The average Bonchev–Trinajstić information content (AvgIpc) is 2.31. The molecule has 0 saturated heterocycles. The van der Waals surface area contributed by atoms with Crippen molar-refractivity contribution in [1.82, 2.24) is 0 Å². The van der Waals surface area contributed by atoms with Gasteiger partial charge < -0.3 is 9.84 Å². The fourth-order valence-corrected chi connectivity index (χ4v) is 1.76. The first kappa shape index (κ1) is 15.9. The molecule has 0 radical (unpaired) electrons. The maximum atomic E-state index is 8.60. The Labute approximate surface area is 101 Å². The third-order valence-electron chi connectivity index (χ3n) is 2.84. The molecule has 16 heavy (non-hydrogen) atoms. The summed E-state index contributed by atoms with van der Waals surface area (Å²) in [5.41, 5.74) is 0. The highest BCUT2D eigenvalue weighted by molar-refractivity contribution is 4.45. The van der Waals surface area contributed by atoms with Crippen LogP contribution in [-0.2, 0) is 4.74 Å². The molecule has 0 fully saturated rings. The second-order valence-electron chi connectivity index (χ2n) is 4.52. The zero-order valence-corrected chi connectivity index (χ0v) is 11.0. The predicted octanol–water partition coefficient (Wildman–Crippen LogP) is 3.92. The summed E-state index contributed by atoms with van der Waals surface area (Å²) in [6.45, 7) is 4.45. The molecule has 0 atom stereocenters. The molecule has 0 aliphatic carbocycles. The lowest BCUT2D eigenvalue weighted by Gasteiger charge is -2.04. The van der Waals surface area contributed by atoms with Crippen molar-refractivity contribution in [3.63, 3.8) is 0 Å². The van der Waals surface area contributed by atoms with Crippen LogP contribution in [0.4, 0.5) is 0 Å². The summed E-state index contributed by atoms with van der Waals surface area (Å²) in [7, 11) is 0. The smallest absolute Gasteiger partial charge is 0.0466 e. The number of aliphatic hydroxyl groups excluding tert-OH is 1. The summed E-state index contributed by atoms with van der Waals surface area (Å²) in [4.78, 5) is 0. The van der Waals surface area contributed by atoms with Crippen LogP contribution in [0.3, 0.4) is 0 Å². The van der Waals surface area contributed by atoms with Crippen molar-refractivity contribution in [1.29, 1.82) is 0 Å². The van der Waals surface area contributed by atoms with Gasteiger partial charge in [-0.2, -0.15) is 0 Å². The Hall–Kier alpha value is -0.0800. The molecular weight excluding hydrogens is 200 g/mol. The van der Waals surface area contributed by atoms with Crippen molar-refractivity contribution in [2.24, 2.45) is 0 Å². The molecule has 0 spiro atoms. The molecule has 2 nitrogen and oxygen atoms in total. The maximum absolute atomic E-state index is 8.60. The van der Waals surface area contributed by atoms with Crippen LogP contribution < -0.4 is 0 Å². The lowest BCUT2D eigenvalue weighted by molar-refractivity contribution is 0.125. The largest absolute Gasteiger partial charge is 0.396 e. The van der Waals surface area contributed by atoms with Crippen LogP contribution in [0.25, 0.3) is 0 Å². The van der Waals surface area contributed by atoms with E-state index in [0.717, 1.165) is 26.1 Å². The minimum Gasteiger partial charge on any atom is -0.396 e. The molecule has 0 aromatic carbocycles. The van der Waals surface area contributed by atoms with Crippen LogP contribution in [0.1, 0.15) is 71.1 Å². The number of ether oxygens (including phenoxy) is 1. The molecule has 98 valence electrons. The molecule has 0 amide bonds. The van der Waals surface area contributed by atoms with E-state index in [1.807, 2.05) is 0 Å². The van der Waals surface area contributed by atoms with E-state index in [2.05, 4.69) is 6.92 Å². The van der Waals surface area contributed by atoms with E-state index in [1.165, 1.54) is 51.4 Å². The Morgan fingerprint density at radius 1 is 0.688 bits per heavy atom. The fourth-order valence-electron chi connectivity index (χ4n) is 1.76. The summed E-state index contributed by atoms with van der Waals surface area (Å²) in [5, 5.41) is 8.60. The number of rotatable bonds is 13. The molecule has 0 aliphatic rings. The molecule has 0 aromatic rings. The van der Waals surface area contributed by atoms with E-state index < -0.39 is 0 Å². The maximum Gasteiger partial charge on any atom is 0.0466 e. The third kappa shape index (κ3) is 13.9. The van der Waals surface area contributed by atoms with Gasteiger partial charge in [0, 0.05) is 19.8 Å². The number of unbranched alkanes of at least 4 members (excludes halogenated alkanes) is 8. The Morgan fingerprint density at radius 2 is 1.19 bits per heavy atom. The van der Waals surface area contributed by atoms with Gasteiger partial charge in [0.25, 0.3) is 0 Å². The Kier molecular flexibility index (Phi) is 14.8. The molecule has 0 unspecified atom stereocenters. The van der Waals surface area contributed by atoms with Crippen LogP contribution in [0.5, 0.6) is 0 Å². The summed E-state index contributed by atoms with van der Waals surface area (Å²) in [6, 6.07) is 0. The van der Waals surface area contributed by atoms with Gasteiger partial charge in [0.1, 0.15) is 0 Å². The van der Waals surface area contributed by atoms with Crippen LogP contribution >= 0.6 is 0 Å². The Morgan fingerprint density at radius 3 is 1.75 bits per heavy atom. The molecule has 0 aliphatic heterocycles. The van der Waals surface area contributed by atoms with Gasteiger partial charge in [0.2, 0.25) is 0 Å². The zero-order chi connectivity index (χ0) is 11.9. The first-order valence-electron chi connectivity index (χ1n) is 7.10. The molecule has 0 saturated carbocycles. The summed E-state index contributed by atoms with van der Waals surface area (Å²) >= 11 is 0. The fraction of sp³-hybridized carbons (Fsp3) is 1.00. The van der Waals surface area contributed by atoms with Gasteiger partial charge in [-0.25, -0.2) is 0 Å². The molecule has 0 bridgehead atoms. The Bertz CT molecular complexity index is 101. The van der Waals surface area contributed by atoms with Gasteiger partial charge in [-0.3, -0.25) is 0 Å². The molecule has 0 aromatic heterocycles. The standard InChI is InChI=1S/C14H30O2/c1-2-3-4-7-10-13-16-14-11-8-5-6-9-12-15/h15H,2-14H2,1H3. The van der Waals surface area contributed by atoms with Gasteiger partial charge in [0.05, 0.1) is 0 Å². The monoisotopic (exact) mass is 230 g/mol. The molecule has 2 heteroatoms. The number of hydrogen-bond donors (Lipinski definition) is 1. The molecule has 1 N–H and O–H groups in total. The van der Waals surface area contributed by atoms with E-state index in [1.54, 1.807) is 0 Å². The van der Waals surface area contributed by atoms with Crippen molar-refractivity contribution < 1.29 is 9.84 Å². The lowest BCUT2D eigenvalue weighted by Crippen LogP contribution is -1.97. The Balaban J connectivity index is 2.83. The van der Waals surface area contributed by atoms with Crippen molar-refractivity contribution in [2.75, 3.05) is 19.8 Å². The quantitative estimate of drug-likeness (QED) is 0.486. The summed E-state index contributed by atoms with van der Waals surface area (Å²) < 4.78 is 5.57. The van der Waals surface area contributed by atoms with Gasteiger partial charge >= 0.3 is 0 Å². The SMILES string of the molecule is CCCCCCCOCCCCCCCO. The van der Waals surface area contributed by atoms with Crippen LogP contribution in [0, 0.1) is 0 Å². The van der Waals surface area contributed by atoms with Gasteiger partial charge in [-0.1, -0.05) is 51.9 Å². The first-order chi connectivity index (χ1) is 7.91. The van der Waals surface area contributed by atoms with Crippen LogP contribution in [-0.4, -0.2) is 24.9 Å². The highest BCUT2D eigenvalue weighted by atomic mass is 16.5. The van der Waals surface area contributed by atoms with Crippen molar-refractivity contribution >= 4 is 0 Å². The first-order valence-corrected chi connectivity index (χ1v) is 7.10. The second-order valence-corrected chi connectivity index (χ2v) is 4.52.